The van der Waals surface area contributed by atoms with E-state index in [2.05, 4.69) is 5.10 Å². The molecule has 1 aromatic heterocycles. The fraction of sp³-hybridized carbons (Fsp3) is 0.778. The first-order valence-electron chi connectivity index (χ1n) is 9.02. The van der Waals surface area contributed by atoms with Gasteiger partial charge in [0.2, 0.25) is 5.92 Å². The fourth-order valence-electron chi connectivity index (χ4n) is 5.04. The smallest absolute Gasteiger partial charge is 0.357 e. The topological polar surface area (TPSA) is 44.1 Å². The third-order valence-corrected chi connectivity index (χ3v) is 6.12. The average Bonchev–Trinajstić information content (AvgIpc) is 2.71. The SMILES string of the molecule is CCOC(=O)c1c(C(F)F)c(C23CC(C2)C3)nn1CC1(C)CC(F)(F)C1. The average molecular weight is 374 g/mol. The molecule has 0 unspecified atom stereocenters. The molecule has 2 bridgehead atoms. The molecule has 0 radical (unpaired) electrons. The van der Waals surface area contributed by atoms with Crippen molar-refractivity contribution in [3.8, 4) is 0 Å². The predicted octanol–water partition coefficient (Wildman–Crippen LogP) is 4.48. The van der Waals surface area contributed by atoms with Gasteiger partial charge in [-0.2, -0.15) is 5.10 Å². The largest absolute Gasteiger partial charge is 0.461 e. The number of ether oxygens (including phenoxy) is 1. The molecule has 1 aromatic rings. The van der Waals surface area contributed by atoms with Crippen LogP contribution in [-0.4, -0.2) is 28.3 Å². The standard InChI is InChI=1S/C18H22F4N2O2/c1-3-26-15(25)12-11(14(19)20)13(17-4-10(5-17)6-17)23-24(12)9-16(2)7-18(21,22)8-16/h10,14H,3-9H2,1-2H3. The predicted molar refractivity (Wildman–Crippen MR) is 84.4 cm³/mol. The number of rotatable bonds is 6. The van der Waals surface area contributed by atoms with Crippen LogP contribution >= 0.6 is 0 Å². The van der Waals surface area contributed by atoms with Crippen molar-refractivity contribution in [2.45, 2.75) is 70.3 Å². The van der Waals surface area contributed by atoms with E-state index in [-0.39, 0.29) is 48.4 Å². The molecule has 0 N–H and O–H groups in total. The maximum absolute atomic E-state index is 13.9. The molecular formula is C18H22F4N2O2. The molecule has 144 valence electrons. The Kier molecular flexibility index (Phi) is 3.73. The van der Waals surface area contributed by atoms with Crippen molar-refractivity contribution in [2.75, 3.05) is 6.61 Å². The second kappa shape index (κ2) is 5.45. The monoisotopic (exact) mass is 374 g/mol. The summed E-state index contributed by atoms with van der Waals surface area (Å²) in [5.41, 5.74) is -1.50. The quantitative estimate of drug-likeness (QED) is 0.545. The number of hydrogen-bond donors (Lipinski definition) is 0. The number of hydrogen-bond acceptors (Lipinski definition) is 3. The zero-order valence-corrected chi connectivity index (χ0v) is 14.8. The molecule has 0 aromatic carbocycles. The minimum absolute atomic E-state index is 0.00989. The van der Waals surface area contributed by atoms with Crippen LogP contribution in [0.2, 0.25) is 0 Å². The van der Waals surface area contributed by atoms with E-state index in [1.165, 1.54) is 4.68 Å². The molecule has 0 aliphatic heterocycles. The lowest BCUT2D eigenvalue weighted by atomic mass is 9.43. The van der Waals surface area contributed by atoms with Gasteiger partial charge in [-0.3, -0.25) is 4.68 Å². The second-order valence-electron chi connectivity index (χ2n) is 8.57. The summed E-state index contributed by atoms with van der Waals surface area (Å²) in [5, 5.41) is 4.37. The van der Waals surface area contributed by atoms with Gasteiger partial charge in [-0.05, 0) is 37.5 Å². The molecule has 1 heterocycles. The van der Waals surface area contributed by atoms with E-state index in [0.717, 1.165) is 19.3 Å². The molecule has 0 saturated heterocycles. The number of carbonyl (C=O) groups excluding carboxylic acids is 1. The summed E-state index contributed by atoms with van der Waals surface area (Å²) >= 11 is 0. The summed E-state index contributed by atoms with van der Waals surface area (Å²) in [6, 6.07) is 0. The van der Waals surface area contributed by atoms with Crippen molar-refractivity contribution in [3.05, 3.63) is 17.0 Å². The molecule has 0 atom stereocenters. The highest BCUT2D eigenvalue weighted by Gasteiger charge is 2.61. The second-order valence-corrected chi connectivity index (χ2v) is 8.57. The number of esters is 1. The van der Waals surface area contributed by atoms with Gasteiger partial charge >= 0.3 is 5.97 Å². The van der Waals surface area contributed by atoms with Gasteiger partial charge in [0, 0.05) is 24.8 Å². The van der Waals surface area contributed by atoms with E-state index in [4.69, 9.17) is 4.74 Å². The lowest BCUT2D eigenvalue weighted by Gasteiger charge is -2.61. The Labute approximate surface area is 148 Å². The number of aromatic nitrogens is 2. The van der Waals surface area contributed by atoms with Crippen molar-refractivity contribution in [1.29, 1.82) is 0 Å². The van der Waals surface area contributed by atoms with E-state index in [0.29, 0.717) is 5.92 Å². The summed E-state index contributed by atoms with van der Waals surface area (Å²) in [6.45, 7) is 3.32. The third-order valence-electron chi connectivity index (χ3n) is 6.12. The number of nitrogens with zero attached hydrogens (tertiary/aromatic N) is 2. The Morgan fingerprint density at radius 3 is 2.35 bits per heavy atom. The normalized spacial score (nSPS) is 30.3. The molecule has 0 spiro atoms. The van der Waals surface area contributed by atoms with Crippen molar-refractivity contribution in [1.82, 2.24) is 9.78 Å². The highest BCUT2D eigenvalue weighted by Crippen LogP contribution is 2.66. The highest BCUT2D eigenvalue weighted by molar-refractivity contribution is 5.90. The maximum atomic E-state index is 13.9. The first kappa shape index (κ1) is 17.8. The Morgan fingerprint density at radius 1 is 1.31 bits per heavy atom. The van der Waals surface area contributed by atoms with Gasteiger partial charge in [0.15, 0.2) is 5.69 Å². The van der Waals surface area contributed by atoms with E-state index in [1.807, 2.05) is 0 Å². The zero-order valence-electron chi connectivity index (χ0n) is 14.8. The van der Waals surface area contributed by atoms with Gasteiger partial charge < -0.3 is 4.74 Å². The minimum Gasteiger partial charge on any atom is -0.461 e. The lowest BCUT2D eigenvalue weighted by molar-refractivity contribution is -0.160. The van der Waals surface area contributed by atoms with Crippen LogP contribution in [0.15, 0.2) is 0 Å². The van der Waals surface area contributed by atoms with Crippen LogP contribution < -0.4 is 0 Å². The van der Waals surface area contributed by atoms with Crippen LogP contribution in [-0.2, 0) is 16.7 Å². The summed E-state index contributed by atoms with van der Waals surface area (Å²) in [7, 11) is 0. The molecule has 26 heavy (non-hydrogen) atoms. The summed E-state index contributed by atoms with van der Waals surface area (Å²) in [4.78, 5) is 12.4. The fourth-order valence-corrected chi connectivity index (χ4v) is 5.04. The number of alkyl halides is 4. The Balaban J connectivity index is 1.74. The molecule has 5 rings (SSSR count). The molecule has 4 nitrogen and oxygen atoms in total. The van der Waals surface area contributed by atoms with E-state index in [1.54, 1.807) is 13.8 Å². The van der Waals surface area contributed by atoms with Crippen LogP contribution in [0.25, 0.3) is 0 Å². The number of halogens is 4. The first-order valence-corrected chi connectivity index (χ1v) is 9.02. The summed E-state index contributed by atoms with van der Waals surface area (Å²) < 4.78 is 60.6. The van der Waals surface area contributed by atoms with Gasteiger partial charge in [-0.1, -0.05) is 6.92 Å². The maximum Gasteiger partial charge on any atom is 0.357 e. The van der Waals surface area contributed by atoms with E-state index >= 15 is 0 Å². The highest BCUT2D eigenvalue weighted by atomic mass is 19.3. The van der Waals surface area contributed by atoms with E-state index in [9.17, 15) is 22.4 Å². The minimum atomic E-state index is -2.86. The van der Waals surface area contributed by atoms with Gasteiger partial charge in [0.25, 0.3) is 6.43 Å². The van der Waals surface area contributed by atoms with Crippen LogP contribution in [0.4, 0.5) is 17.6 Å². The molecule has 0 amide bonds. The number of carbonyl (C=O) groups is 1. The first-order chi connectivity index (χ1) is 12.1. The molecule has 8 heteroatoms. The van der Waals surface area contributed by atoms with Gasteiger partial charge in [0.05, 0.1) is 17.9 Å². The van der Waals surface area contributed by atoms with Crippen LogP contribution in [0, 0.1) is 11.3 Å². The summed E-state index contributed by atoms with van der Waals surface area (Å²) in [5.74, 6) is -3.05. The van der Waals surface area contributed by atoms with Crippen molar-refractivity contribution in [3.63, 3.8) is 0 Å². The van der Waals surface area contributed by atoms with Crippen LogP contribution in [0.3, 0.4) is 0 Å². The molecule has 4 fully saturated rings. The molecule has 4 saturated carbocycles. The Bertz CT molecular complexity index is 734. The van der Waals surface area contributed by atoms with Gasteiger partial charge in [0.1, 0.15) is 0 Å². The van der Waals surface area contributed by atoms with Crippen LogP contribution in [0.5, 0.6) is 0 Å². The summed E-state index contributed by atoms with van der Waals surface area (Å²) in [6.07, 6.45) is -1.12. The Morgan fingerprint density at radius 2 is 1.92 bits per heavy atom. The van der Waals surface area contributed by atoms with Gasteiger partial charge in [-0.25, -0.2) is 22.4 Å². The van der Waals surface area contributed by atoms with Crippen molar-refractivity contribution < 1.29 is 27.1 Å². The molecule has 4 aliphatic rings. The lowest BCUT2D eigenvalue weighted by Crippen LogP contribution is -2.56. The van der Waals surface area contributed by atoms with Gasteiger partial charge in [-0.15, -0.1) is 0 Å². The van der Waals surface area contributed by atoms with Crippen molar-refractivity contribution in [2.24, 2.45) is 11.3 Å². The van der Waals surface area contributed by atoms with Crippen LogP contribution in [0.1, 0.15) is 74.1 Å². The third kappa shape index (κ3) is 2.55. The van der Waals surface area contributed by atoms with E-state index < -0.39 is 23.7 Å². The van der Waals surface area contributed by atoms with Crippen molar-refractivity contribution >= 4 is 5.97 Å². The zero-order chi connectivity index (χ0) is 18.9. The molecular weight excluding hydrogens is 352 g/mol. The Hall–Kier alpha value is -1.60. The molecule has 4 aliphatic carbocycles.